The quantitative estimate of drug-likeness (QED) is 0.513. The maximum Gasteiger partial charge on any atom is 0.255 e. The monoisotopic (exact) mass is 535 g/mol. The van der Waals surface area contributed by atoms with E-state index >= 15 is 0 Å². The number of amides is 1. The van der Waals surface area contributed by atoms with Crippen LogP contribution in [0.15, 0.2) is 35.3 Å². The van der Waals surface area contributed by atoms with E-state index in [9.17, 15) is 14.0 Å². The maximum absolute atomic E-state index is 14.7. The fraction of sp³-hybridized carbons (Fsp3) is 0.538. The van der Waals surface area contributed by atoms with Crippen LogP contribution >= 0.6 is 18.5 Å². The highest BCUT2D eigenvalue weighted by Crippen LogP contribution is 2.42. The molecule has 3 atom stereocenters. The molecule has 0 radical (unpaired) electrons. The first-order valence-electron chi connectivity index (χ1n) is 12.5. The number of carbonyl (C=O) groups excluding carboxylic acids is 1. The van der Waals surface area contributed by atoms with Crippen LogP contribution in [0, 0.1) is 6.92 Å². The first-order valence-corrected chi connectivity index (χ1v) is 13.7. The molecule has 1 aromatic heterocycles. The van der Waals surface area contributed by atoms with Crippen molar-refractivity contribution in [2.75, 3.05) is 31.7 Å². The molecular formula is C26H36FN3O4P2. The van der Waals surface area contributed by atoms with Crippen LogP contribution in [0.1, 0.15) is 71.7 Å². The molecule has 2 N–H and O–H groups in total. The third kappa shape index (κ3) is 6.34. The summed E-state index contributed by atoms with van der Waals surface area (Å²) in [6.07, 6.45) is 4.75. The SMILES string of the molecule is Cc1c([C@@H](C)NC(=O)c2cn(C3CCOCC3)c(=O)cc2NC2CCOCC2)cccc1C(F)(P)P. The number of halogens is 1. The smallest absolute Gasteiger partial charge is 0.255 e. The molecule has 0 spiro atoms. The first kappa shape index (κ1) is 27.2. The Hall–Kier alpha value is -1.85. The molecule has 7 nitrogen and oxygen atoms in total. The van der Waals surface area contributed by atoms with Crippen molar-refractivity contribution in [3.63, 3.8) is 0 Å². The second-order valence-corrected chi connectivity index (χ2v) is 12.1. The summed E-state index contributed by atoms with van der Waals surface area (Å²) in [4.78, 5) is 26.7. The Labute approximate surface area is 216 Å². The van der Waals surface area contributed by atoms with Crippen molar-refractivity contribution in [1.82, 2.24) is 9.88 Å². The third-order valence-electron chi connectivity index (χ3n) is 7.09. The van der Waals surface area contributed by atoms with Gasteiger partial charge < -0.3 is 24.7 Å². The number of carbonyl (C=O) groups is 1. The molecule has 36 heavy (non-hydrogen) atoms. The van der Waals surface area contributed by atoms with Gasteiger partial charge in [-0.2, -0.15) is 0 Å². The number of ether oxygens (including phenoxy) is 2. The van der Waals surface area contributed by atoms with E-state index in [1.165, 1.54) is 6.07 Å². The summed E-state index contributed by atoms with van der Waals surface area (Å²) in [6, 6.07) is 6.73. The Balaban J connectivity index is 1.64. The van der Waals surface area contributed by atoms with Gasteiger partial charge in [0.15, 0.2) is 5.15 Å². The molecule has 1 aromatic carbocycles. The number of rotatable bonds is 7. The number of hydrogen-bond donors (Lipinski definition) is 2. The molecule has 0 aliphatic carbocycles. The van der Waals surface area contributed by atoms with E-state index in [0.29, 0.717) is 43.2 Å². The lowest BCUT2D eigenvalue weighted by atomic mass is 9.97. The lowest BCUT2D eigenvalue weighted by Gasteiger charge is -2.28. The molecule has 4 rings (SSSR count). The van der Waals surface area contributed by atoms with E-state index < -0.39 is 5.15 Å². The van der Waals surface area contributed by atoms with Crippen molar-refractivity contribution >= 4 is 30.1 Å². The van der Waals surface area contributed by atoms with Gasteiger partial charge in [0.2, 0.25) is 0 Å². The van der Waals surface area contributed by atoms with Gasteiger partial charge in [0.1, 0.15) is 0 Å². The summed E-state index contributed by atoms with van der Waals surface area (Å²) >= 11 is 0. The van der Waals surface area contributed by atoms with E-state index in [4.69, 9.17) is 9.47 Å². The molecule has 3 heterocycles. The average molecular weight is 536 g/mol. The normalized spacial score (nSPS) is 18.6. The minimum absolute atomic E-state index is 0.00642. The molecule has 196 valence electrons. The minimum Gasteiger partial charge on any atom is -0.381 e. The van der Waals surface area contributed by atoms with Crippen LogP contribution in [-0.4, -0.2) is 42.9 Å². The fourth-order valence-corrected chi connectivity index (χ4v) is 5.67. The van der Waals surface area contributed by atoms with Crippen LogP contribution in [0.2, 0.25) is 0 Å². The van der Waals surface area contributed by atoms with Crippen molar-refractivity contribution < 1.29 is 18.7 Å². The largest absolute Gasteiger partial charge is 0.381 e. The highest BCUT2D eigenvalue weighted by molar-refractivity contribution is 7.38. The Morgan fingerprint density at radius 3 is 2.42 bits per heavy atom. The summed E-state index contributed by atoms with van der Waals surface area (Å²) < 4.78 is 27.3. The maximum atomic E-state index is 14.7. The van der Waals surface area contributed by atoms with Crippen LogP contribution < -0.4 is 16.2 Å². The Kier molecular flexibility index (Phi) is 8.83. The standard InChI is InChI=1S/C26H36FN3O4P2/c1-16-20(4-3-5-22(16)26(27,35)36)17(2)28-25(32)21-15-30(19-8-12-34-13-9-19)24(31)14-23(21)29-18-6-10-33-11-7-18/h3-5,14-15,17-19,29H,6-13,35-36H2,1-2H3,(H,28,32)/t17-/m1/s1. The Morgan fingerprint density at radius 1 is 1.14 bits per heavy atom. The van der Waals surface area contributed by atoms with E-state index in [2.05, 4.69) is 29.1 Å². The van der Waals surface area contributed by atoms with Crippen molar-refractivity contribution in [2.24, 2.45) is 0 Å². The highest BCUT2D eigenvalue weighted by Gasteiger charge is 2.26. The molecule has 0 bridgehead atoms. The zero-order chi connectivity index (χ0) is 25.9. The number of hydrogen-bond acceptors (Lipinski definition) is 5. The van der Waals surface area contributed by atoms with Gasteiger partial charge in [-0.1, -0.05) is 36.7 Å². The van der Waals surface area contributed by atoms with Crippen molar-refractivity contribution in [3.8, 4) is 0 Å². The summed E-state index contributed by atoms with van der Waals surface area (Å²) in [5.74, 6) is -0.286. The zero-order valence-electron chi connectivity index (χ0n) is 20.9. The zero-order valence-corrected chi connectivity index (χ0v) is 23.2. The summed E-state index contributed by atoms with van der Waals surface area (Å²) in [7, 11) is 4.39. The molecule has 2 aromatic rings. The van der Waals surface area contributed by atoms with Gasteiger partial charge in [-0.3, -0.25) is 9.59 Å². The summed E-state index contributed by atoms with van der Waals surface area (Å²) in [6.45, 7) is 6.22. The van der Waals surface area contributed by atoms with Crippen LogP contribution in [0.4, 0.5) is 10.1 Å². The topological polar surface area (TPSA) is 81.6 Å². The number of nitrogens with one attached hydrogen (secondary N) is 2. The third-order valence-corrected chi connectivity index (χ3v) is 7.72. The molecule has 10 heteroatoms. The van der Waals surface area contributed by atoms with E-state index in [1.54, 1.807) is 22.9 Å². The molecule has 1 amide bonds. The predicted molar refractivity (Wildman–Crippen MR) is 147 cm³/mol. The van der Waals surface area contributed by atoms with Gasteiger partial charge in [-0.15, -0.1) is 0 Å². The molecule has 2 aliphatic rings. The van der Waals surface area contributed by atoms with Crippen LogP contribution in [0.3, 0.4) is 0 Å². The summed E-state index contributed by atoms with van der Waals surface area (Å²) in [5, 5.41) is 4.85. The average Bonchev–Trinajstić information content (AvgIpc) is 2.84. The molecule has 0 saturated carbocycles. The minimum atomic E-state index is -1.65. The number of pyridine rings is 1. The fourth-order valence-electron chi connectivity index (χ4n) is 5.05. The Morgan fingerprint density at radius 2 is 1.78 bits per heavy atom. The van der Waals surface area contributed by atoms with Gasteiger partial charge in [0.25, 0.3) is 11.5 Å². The number of anilines is 1. The van der Waals surface area contributed by atoms with Crippen LogP contribution in [0.5, 0.6) is 0 Å². The lowest BCUT2D eigenvalue weighted by Crippen LogP contribution is -2.35. The molecular weight excluding hydrogens is 499 g/mol. The Bertz CT molecular complexity index is 1140. The molecule has 2 aliphatic heterocycles. The van der Waals surface area contributed by atoms with Gasteiger partial charge in [0.05, 0.1) is 17.3 Å². The van der Waals surface area contributed by atoms with E-state index in [0.717, 1.165) is 36.8 Å². The van der Waals surface area contributed by atoms with Crippen LogP contribution in [-0.2, 0) is 14.6 Å². The number of benzene rings is 1. The number of nitrogens with zero attached hydrogens (tertiary/aromatic N) is 1. The second kappa shape index (κ2) is 11.7. The molecule has 2 saturated heterocycles. The second-order valence-electron chi connectivity index (χ2n) is 9.70. The highest BCUT2D eigenvalue weighted by atomic mass is 31.1. The van der Waals surface area contributed by atoms with E-state index in [1.807, 2.05) is 19.9 Å². The number of alkyl halides is 1. The van der Waals surface area contributed by atoms with Crippen molar-refractivity contribution in [3.05, 3.63) is 63.1 Å². The summed E-state index contributed by atoms with van der Waals surface area (Å²) in [5.41, 5.74) is 2.97. The molecule has 2 fully saturated rings. The van der Waals surface area contributed by atoms with Gasteiger partial charge in [0, 0.05) is 50.8 Å². The van der Waals surface area contributed by atoms with Gasteiger partial charge in [-0.05, 0) is 56.2 Å². The van der Waals surface area contributed by atoms with Gasteiger partial charge >= 0.3 is 0 Å². The first-order chi connectivity index (χ1) is 17.1. The molecule has 2 unspecified atom stereocenters. The number of aromatic nitrogens is 1. The predicted octanol–water partition coefficient (Wildman–Crippen LogP) is 4.42. The van der Waals surface area contributed by atoms with Gasteiger partial charge in [-0.25, -0.2) is 4.39 Å². The lowest BCUT2D eigenvalue weighted by molar-refractivity contribution is 0.0685. The van der Waals surface area contributed by atoms with E-state index in [-0.39, 0.29) is 29.6 Å². The van der Waals surface area contributed by atoms with Crippen molar-refractivity contribution in [1.29, 1.82) is 0 Å². The van der Waals surface area contributed by atoms with Crippen molar-refractivity contribution in [2.45, 2.75) is 62.8 Å². The van der Waals surface area contributed by atoms with Crippen LogP contribution in [0.25, 0.3) is 0 Å².